The van der Waals surface area contributed by atoms with Gasteiger partial charge in [0.2, 0.25) is 0 Å². The summed E-state index contributed by atoms with van der Waals surface area (Å²) >= 11 is 0. The van der Waals surface area contributed by atoms with Gasteiger partial charge in [0.1, 0.15) is 5.41 Å². The van der Waals surface area contributed by atoms with E-state index in [4.69, 9.17) is 0 Å². The molecule has 210 valence electrons. The minimum atomic E-state index is -1.41. The van der Waals surface area contributed by atoms with Gasteiger partial charge in [0.15, 0.2) is 0 Å². The van der Waals surface area contributed by atoms with E-state index in [1.54, 1.807) is 6.92 Å². The van der Waals surface area contributed by atoms with E-state index >= 15 is 0 Å². The smallest absolute Gasteiger partial charge is 0.313 e. The third-order valence-electron chi connectivity index (χ3n) is 13.6. The number of aliphatic hydroxyl groups is 5. The summed E-state index contributed by atoms with van der Waals surface area (Å²) in [5, 5.41) is 66.0. The van der Waals surface area contributed by atoms with Crippen molar-refractivity contribution in [3.63, 3.8) is 0 Å². The van der Waals surface area contributed by atoms with Gasteiger partial charge in [-0.2, -0.15) is 0 Å². The number of rotatable bonds is 2. The van der Waals surface area contributed by atoms with Crippen LogP contribution in [0.2, 0.25) is 0 Å². The molecular weight excluding hydrogens is 472 g/mol. The Morgan fingerprint density at radius 2 is 1.68 bits per heavy atom. The van der Waals surface area contributed by atoms with Gasteiger partial charge in [-0.3, -0.25) is 4.79 Å². The molecule has 13 atom stereocenters. The molecule has 0 aliphatic heterocycles. The molecule has 0 amide bonds. The second kappa shape index (κ2) is 8.03. The maximum absolute atomic E-state index is 12.9. The van der Waals surface area contributed by atoms with Crippen LogP contribution in [-0.2, 0) is 4.79 Å². The molecule has 4 fully saturated rings. The largest absolute Gasteiger partial charge is 0.481 e. The average molecular weight is 521 g/mol. The van der Waals surface area contributed by atoms with Crippen LogP contribution < -0.4 is 0 Å². The Kier molecular flexibility index (Phi) is 5.98. The first kappa shape index (κ1) is 27.6. The molecule has 7 nitrogen and oxygen atoms in total. The van der Waals surface area contributed by atoms with Gasteiger partial charge in [-0.25, -0.2) is 0 Å². The van der Waals surface area contributed by atoms with E-state index in [2.05, 4.69) is 26.8 Å². The molecule has 0 saturated heterocycles. The van der Waals surface area contributed by atoms with Crippen molar-refractivity contribution in [3.05, 3.63) is 11.6 Å². The summed E-state index contributed by atoms with van der Waals surface area (Å²) in [7, 11) is 0. The number of carboxylic acid groups (broad SMARTS) is 1. The molecule has 6 N–H and O–H groups in total. The van der Waals surface area contributed by atoms with Crippen LogP contribution in [0, 0.1) is 50.7 Å². The molecule has 37 heavy (non-hydrogen) atoms. The summed E-state index contributed by atoms with van der Waals surface area (Å²) in [6, 6.07) is 0. The van der Waals surface area contributed by atoms with Gasteiger partial charge in [0, 0.05) is 11.3 Å². The standard InChI is InChI=1S/C30H48O7/c1-16-13-21(33)30(24(35)36)12-11-27(4)17(22(30)29(16,6)37)7-8-20-25(2)14-18(32)23(34)26(3,15-31)19(25)9-10-28(20,27)5/h7,16,18-23,31-34,37H,8-15H2,1-6H3,(H,35,36)/t16-,18-,19?,20-,21?,22-,23+,25+,26?,27-,28-,29-,30-/m1/s1. The van der Waals surface area contributed by atoms with Crippen LogP contribution in [0.25, 0.3) is 0 Å². The van der Waals surface area contributed by atoms with Crippen LogP contribution in [0.1, 0.15) is 86.5 Å². The van der Waals surface area contributed by atoms with Crippen molar-refractivity contribution in [2.45, 2.75) is 110 Å². The highest BCUT2D eigenvalue weighted by Gasteiger charge is 2.73. The monoisotopic (exact) mass is 520 g/mol. The second-order valence-corrected chi connectivity index (χ2v) is 14.8. The van der Waals surface area contributed by atoms with E-state index in [0.29, 0.717) is 25.7 Å². The van der Waals surface area contributed by atoms with Crippen LogP contribution in [0.5, 0.6) is 0 Å². The molecule has 4 saturated carbocycles. The highest BCUT2D eigenvalue weighted by Crippen LogP contribution is 2.76. The molecule has 0 spiro atoms. The first-order valence-corrected chi connectivity index (χ1v) is 14.3. The molecule has 0 heterocycles. The van der Waals surface area contributed by atoms with Gasteiger partial charge in [-0.15, -0.1) is 0 Å². The molecule has 5 rings (SSSR count). The van der Waals surface area contributed by atoms with E-state index < -0.39 is 46.6 Å². The fourth-order valence-corrected chi connectivity index (χ4v) is 11.1. The van der Waals surface area contributed by atoms with Crippen LogP contribution in [0.4, 0.5) is 0 Å². The molecule has 3 unspecified atom stereocenters. The van der Waals surface area contributed by atoms with Crippen molar-refractivity contribution in [3.8, 4) is 0 Å². The third kappa shape index (κ3) is 3.04. The Bertz CT molecular complexity index is 1010. The van der Waals surface area contributed by atoms with Crippen molar-refractivity contribution in [2.75, 3.05) is 6.61 Å². The molecule has 7 heteroatoms. The summed E-state index contributed by atoms with van der Waals surface area (Å²) in [6.07, 6.45) is 3.26. The number of allylic oxidation sites excluding steroid dienone is 1. The SMILES string of the molecule is C[C@@H]1CC(O)[C@]2(C(=O)O)CC[C@]3(C)C(=CC[C@@H]4[C@@]5(C)C[C@@H](O)[C@H](O)C(C)(CO)C5CC[C@]43C)[C@@H]2[C@]1(C)O. The van der Waals surface area contributed by atoms with Crippen molar-refractivity contribution < 1.29 is 35.4 Å². The third-order valence-corrected chi connectivity index (χ3v) is 13.6. The van der Waals surface area contributed by atoms with Crippen molar-refractivity contribution in [1.82, 2.24) is 0 Å². The van der Waals surface area contributed by atoms with Gasteiger partial charge in [0.25, 0.3) is 0 Å². The molecule has 5 aliphatic rings. The van der Waals surface area contributed by atoms with Crippen LogP contribution in [-0.4, -0.2) is 67.1 Å². The quantitative estimate of drug-likeness (QED) is 0.308. The van der Waals surface area contributed by atoms with Crippen LogP contribution in [0.3, 0.4) is 0 Å². The van der Waals surface area contributed by atoms with Gasteiger partial charge in [-0.1, -0.05) is 46.3 Å². The fraction of sp³-hybridized carbons (Fsp3) is 0.900. The number of aliphatic hydroxyl groups excluding tert-OH is 4. The topological polar surface area (TPSA) is 138 Å². The molecule has 0 aromatic carbocycles. The van der Waals surface area contributed by atoms with Crippen LogP contribution >= 0.6 is 0 Å². The second-order valence-electron chi connectivity index (χ2n) is 14.8. The molecule has 0 bridgehead atoms. The van der Waals surface area contributed by atoms with E-state index in [1.807, 2.05) is 13.8 Å². The Hall–Kier alpha value is -0.990. The lowest BCUT2D eigenvalue weighted by Gasteiger charge is -2.72. The van der Waals surface area contributed by atoms with Gasteiger partial charge in [-0.05, 0) is 85.9 Å². The summed E-state index contributed by atoms with van der Waals surface area (Å²) in [5.74, 6) is -1.75. The lowest BCUT2D eigenvalue weighted by Crippen LogP contribution is -2.71. The zero-order valence-electron chi connectivity index (χ0n) is 23.4. The first-order valence-electron chi connectivity index (χ1n) is 14.3. The Labute approximate surface area is 221 Å². The number of aliphatic carboxylic acids is 1. The summed E-state index contributed by atoms with van der Waals surface area (Å²) in [6.45, 7) is 12.2. The van der Waals surface area contributed by atoms with Crippen molar-refractivity contribution in [1.29, 1.82) is 0 Å². The number of carbonyl (C=O) groups is 1. The van der Waals surface area contributed by atoms with Gasteiger partial charge < -0.3 is 30.6 Å². The minimum Gasteiger partial charge on any atom is -0.481 e. The van der Waals surface area contributed by atoms with Crippen LogP contribution in [0.15, 0.2) is 11.6 Å². The normalized spacial score (nSPS) is 59.3. The lowest BCUT2D eigenvalue weighted by atomic mass is 9.32. The predicted molar refractivity (Wildman–Crippen MR) is 138 cm³/mol. The average Bonchev–Trinajstić information content (AvgIpc) is 2.81. The van der Waals surface area contributed by atoms with Crippen molar-refractivity contribution >= 4 is 5.97 Å². The Balaban J connectivity index is 1.66. The fourth-order valence-electron chi connectivity index (χ4n) is 11.1. The molecule has 0 radical (unpaired) electrons. The zero-order valence-corrected chi connectivity index (χ0v) is 23.4. The summed E-state index contributed by atoms with van der Waals surface area (Å²) in [4.78, 5) is 12.9. The number of hydrogen-bond donors (Lipinski definition) is 6. The summed E-state index contributed by atoms with van der Waals surface area (Å²) < 4.78 is 0. The zero-order chi connectivity index (χ0) is 27.6. The van der Waals surface area contributed by atoms with E-state index in [-0.39, 0.29) is 47.0 Å². The highest BCUT2D eigenvalue weighted by molar-refractivity contribution is 5.78. The minimum absolute atomic E-state index is 0.0429. The molecule has 0 aromatic rings. The Morgan fingerprint density at radius 3 is 2.27 bits per heavy atom. The highest BCUT2D eigenvalue weighted by atomic mass is 16.4. The van der Waals surface area contributed by atoms with Gasteiger partial charge >= 0.3 is 5.97 Å². The first-order chi connectivity index (χ1) is 17.0. The van der Waals surface area contributed by atoms with Gasteiger partial charge in [0.05, 0.1) is 30.5 Å². The van der Waals surface area contributed by atoms with E-state index in [9.17, 15) is 35.4 Å². The maximum Gasteiger partial charge on any atom is 0.313 e. The van der Waals surface area contributed by atoms with E-state index in [0.717, 1.165) is 18.4 Å². The lowest BCUT2D eigenvalue weighted by molar-refractivity contribution is -0.252. The predicted octanol–water partition coefficient (Wildman–Crippen LogP) is 3.12. The van der Waals surface area contributed by atoms with Crippen molar-refractivity contribution in [2.24, 2.45) is 50.7 Å². The maximum atomic E-state index is 12.9. The number of carboxylic acids is 1. The summed E-state index contributed by atoms with van der Waals surface area (Å²) in [5.41, 5.74) is -3.42. The number of fused-ring (bicyclic) bond motifs is 7. The molecular formula is C30H48O7. The molecule has 5 aliphatic carbocycles. The molecule has 0 aromatic heterocycles. The Morgan fingerprint density at radius 1 is 1.03 bits per heavy atom. The number of hydrogen-bond acceptors (Lipinski definition) is 6. The van der Waals surface area contributed by atoms with E-state index in [1.165, 1.54) is 0 Å².